The molecule has 5 rings (SSSR count). The molecular weight excluding hydrogens is 390 g/mol. The van der Waals surface area contributed by atoms with Crippen LogP contribution in [-0.4, -0.2) is 27.9 Å². The van der Waals surface area contributed by atoms with Gasteiger partial charge in [-0.25, -0.2) is 4.98 Å². The molecule has 1 amide bonds. The van der Waals surface area contributed by atoms with E-state index in [0.29, 0.717) is 23.7 Å². The fourth-order valence-corrected chi connectivity index (χ4v) is 7.04. The van der Waals surface area contributed by atoms with E-state index in [9.17, 15) is 4.79 Å². The quantitative estimate of drug-likeness (QED) is 0.645. The molecule has 2 aromatic heterocycles. The third-order valence-corrected chi connectivity index (χ3v) is 8.80. The fourth-order valence-electron chi connectivity index (χ4n) is 6.00. The zero-order chi connectivity index (χ0) is 20.7. The molecule has 5 heteroatoms. The monoisotopic (exact) mass is 425 g/mol. The Morgan fingerprint density at radius 2 is 1.67 bits per heavy atom. The van der Waals surface area contributed by atoms with Crippen LogP contribution in [0.2, 0.25) is 0 Å². The average Bonchev–Trinajstić information content (AvgIpc) is 3.09. The molecule has 2 N–H and O–H groups in total. The molecule has 3 aliphatic rings. The number of nitrogens with two attached hydrogens (primary N) is 1. The minimum absolute atomic E-state index is 0.181. The summed E-state index contributed by atoms with van der Waals surface area (Å²) in [6, 6.07) is 3.02. The molecule has 0 radical (unpaired) electrons. The molecule has 1 unspecified atom stereocenters. The molecule has 2 heterocycles. The third kappa shape index (κ3) is 3.74. The van der Waals surface area contributed by atoms with Gasteiger partial charge in [-0.05, 0) is 62.5 Å². The van der Waals surface area contributed by atoms with Crippen LogP contribution in [0.4, 0.5) is 5.69 Å². The van der Waals surface area contributed by atoms with Crippen molar-refractivity contribution in [3.05, 3.63) is 22.2 Å². The molecule has 30 heavy (non-hydrogen) atoms. The number of pyridine rings is 1. The second-order valence-electron chi connectivity index (χ2n) is 9.94. The predicted octanol–water partition coefficient (Wildman–Crippen LogP) is 6.11. The number of amides is 1. The van der Waals surface area contributed by atoms with Gasteiger partial charge in [0.1, 0.15) is 9.71 Å². The van der Waals surface area contributed by atoms with Crippen molar-refractivity contribution in [1.82, 2.24) is 9.88 Å². The number of nitrogens with zero attached hydrogens (tertiary/aromatic N) is 2. The Kier molecular flexibility index (Phi) is 5.74. The second kappa shape index (κ2) is 8.49. The van der Waals surface area contributed by atoms with Gasteiger partial charge in [-0.3, -0.25) is 4.79 Å². The first-order valence-electron chi connectivity index (χ1n) is 12.1. The minimum atomic E-state index is 0.181. The summed E-state index contributed by atoms with van der Waals surface area (Å²) in [5.41, 5.74) is 9.85. The van der Waals surface area contributed by atoms with Gasteiger partial charge in [-0.1, -0.05) is 45.4 Å². The van der Waals surface area contributed by atoms with Gasteiger partial charge < -0.3 is 10.6 Å². The van der Waals surface area contributed by atoms with Crippen molar-refractivity contribution in [2.75, 3.05) is 5.73 Å². The molecule has 2 saturated carbocycles. The SMILES string of the molecule is CC1CCc2nc3sc(C(=O)N(C4CCCCC4)C4CCCCC4)c(N)c3cc2C1. The lowest BCUT2D eigenvalue weighted by atomic mass is 9.87. The summed E-state index contributed by atoms with van der Waals surface area (Å²) < 4.78 is 0. The average molecular weight is 426 g/mol. The molecule has 4 nitrogen and oxygen atoms in total. The van der Waals surface area contributed by atoms with Gasteiger partial charge in [-0.2, -0.15) is 0 Å². The molecule has 0 saturated heterocycles. The number of rotatable bonds is 3. The van der Waals surface area contributed by atoms with Crippen molar-refractivity contribution in [3.63, 3.8) is 0 Å². The van der Waals surface area contributed by atoms with Gasteiger partial charge in [0, 0.05) is 23.2 Å². The lowest BCUT2D eigenvalue weighted by Crippen LogP contribution is -2.48. The lowest BCUT2D eigenvalue weighted by molar-refractivity contribution is 0.0454. The first-order valence-corrected chi connectivity index (χ1v) is 13.0. The van der Waals surface area contributed by atoms with E-state index in [-0.39, 0.29) is 5.91 Å². The maximum absolute atomic E-state index is 13.9. The van der Waals surface area contributed by atoms with Gasteiger partial charge in [0.05, 0.1) is 5.69 Å². The highest BCUT2D eigenvalue weighted by Crippen LogP contribution is 2.39. The van der Waals surface area contributed by atoms with Crippen LogP contribution in [-0.2, 0) is 12.8 Å². The maximum atomic E-state index is 13.9. The molecular formula is C25H35N3OS. The number of aromatic nitrogens is 1. The van der Waals surface area contributed by atoms with Crippen LogP contribution in [0.3, 0.4) is 0 Å². The second-order valence-corrected chi connectivity index (χ2v) is 10.9. The molecule has 0 bridgehead atoms. The van der Waals surface area contributed by atoms with Crippen molar-refractivity contribution < 1.29 is 4.79 Å². The van der Waals surface area contributed by atoms with E-state index in [0.717, 1.165) is 53.6 Å². The van der Waals surface area contributed by atoms with Gasteiger partial charge in [0.15, 0.2) is 0 Å². The third-order valence-electron chi connectivity index (χ3n) is 7.70. The van der Waals surface area contributed by atoms with Gasteiger partial charge in [0.25, 0.3) is 5.91 Å². The van der Waals surface area contributed by atoms with E-state index in [2.05, 4.69) is 17.9 Å². The standard InChI is InChI=1S/C25H35N3OS/c1-16-12-13-21-17(14-16)15-20-22(26)23(30-24(20)27-21)25(29)28(18-8-4-2-5-9-18)19-10-6-3-7-11-19/h15-16,18-19H,2-14,26H2,1H3. The number of hydrogen-bond donors (Lipinski definition) is 1. The van der Waals surface area contributed by atoms with Crippen LogP contribution >= 0.6 is 11.3 Å². The Bertz CT molecular complexity index is 906. The van der Waals surface area contributed by atoms with Crippen LogP contribution in [0.1, 0.15) is 98.5 Å². The van der Waals surface area contributed by atoms with Crippen molar-refractivity contribution in [2.45, 2.75) is 102 Å². The van der Waals surface area contributed by atoms with Crippen molar-refractivity contribution >= 4 is 33.1 Å². The highest BCUT2D eigenvalue weighted by Gasteiger charge is 2.35. The molecule has 162 valence electrons. The summed E-state index contributed by atoms with van der Waals surface area (Å²) in [5, 5.41) is 1.00. The Hall–Kier alpha value is -1.62. The zero-order valence-corrected chi connectivity index (χ0v) is 19.1. The first kappa shape index (κ1) is 20.3. The number of anilines is 1. The highest BCUT2D eigenvalue weighted by molar-refractivity contribution is 7.21. The van der Waals surface area contributed by atoms with E-state index < -0.39 is 0 Å². The largest absolute Gasteiger partial charge is 0.397 e. The van der Waals surface area contributed by atoms with Crippen LogP contribution < -0.4 is 5.73 Å². The predicted molar refractivity (Wildman–Crippen MR) is 125 cm³/mol. The van der Waals surface area contributed by atoms with E-state index in [4.69, 9.17) is 10.7 Å². The Balaban J connectivity index is 1.51. The molecule has 0 aliphatic heterocycles. The number of hydrogen-bond acceptors (Lipinski definition) is 4. The molecule has 0 spiro atoms. The number of fused-ring (bicyclic) bond motifs is 2. The number of carbonyl (C=O) groups is 1. The highest BCUT2D eigenvalue weighted by atomic mass is 32.1. The summed E-state index contributed by atoms with van der Waals surface area (Å²) in [5.74, 6) is 0.881. The molecule has 3 aliphatic carbocycles. The summed E-state index contributed by atoms with van der Waals surface area (Å²) >= 11 is 1.53. The van der Waals surface area contributed by atoms with Crippen molar-refractivity contribution in [3.8, 4) is 0 Å². The van der Waals surface area contributed by atoms with E-state index >= 15 is 0 Å². The summed E-state index contributed by atoms with van der Waals surface area (Å²) in [4.78, 5) is 22.9. The van der Waals surface area contributed by atoms with Crippen LogP contribution in [0.25, 0.3) is 10.2 Å². The molecule has 1 atom stereocenters. The van der Waals surface area contributed by atoms with Gasteiger partial charge in [-0.15, -0.1) is 11.3 Å². The molecule has 2 aromatic rings. The van der Waals surface area contributed by atoms with Crippen LogP contribution in [0, 0.1) is 5.92 Å². The topological polar surface area (TPSA) is 59.2 Å². The van der Waals surface area contributed by atoms with Gasteiger partial charge >= 0.3 is 0 Å². The van der Waals surface area contributed by atoms with Crippen molar-refractivity contribution in [2.24, 2.45) is 5.92 Å². The summed E-state index contributed by atoms with van der Waals surface area (Å²) in [6.45, 7) is 2.31. The van der Waals surface area contributed by atoms with E-state index in [1.165, 1.54) is 67.5 Å². The smallest absolute Gasteiger partial charge is 0.266 e. The van der Waals surface area contributed by atoms with E-state index in [1.807, 2.05) is 0 Å². The molecule has 2 fully saturated rings. The lowest BCUT2D eigenvalue weighted by Gasteiger charge is -2.41. The Labute approximate surface area is 184 Å². The summed E-state index contributed by atoms with van der Waals surface area (Å²) in [7, 11) is 0. The van der Waals surface area contributed by atoms with Gasteiger partial charge in [0.2, 0.25) is 0 Å². The first-order chi connectivity index (χ1) is 14.6. The number of carbonyl (C=O) groups excluding carboxylic acids is 1. The zero-order valence-electron chi connectivity index (χ0n) is 18.3. The van der Waals surface area contributed by atoms with Crippen molar-refractivity contribution in [1.29, 1.82) is 0 Å². The number of aryl methyl sites for hydroxylation is 1. The minimum Gasteiger partial charge on any atom is -0.397 e. The van der Waals surface area contributed by atoms with Crippen LogP contribution in [0.15, 0.2) is 6.07 Å². The Morgan fingerprint density at radius 1 is 1.03 bits per heavy atom. The molecule has 0 aromatic carbocycles. The fraction of sp³-hybridized carbons (Fsp3) is 0.680. The Morgan fingerprint density at radius 3 is 2.30 bits per heavy atom. The van der Waals surface area contributed by atoms with E-state index in [1.54, 1.807) is 0 Å². The maximum Gasteiger partial charge on any atom is 0.266 e. The normalized spacial score (nSPS) is 23.4. The summed E-state index contributed by atoms with van der Waals surface area (Å²) in [6.07, 6.45) is 15.5. The number of thiophene rings is 1. The number of nitrogen functional groups attached to an aromatic ring is 1. The van der Waals surface area contributed by atoms with Crippen LogP contribution in [0.5, 0.6) is 0 Å².